The third kappa shape index (κ3) is 4.14. The fourth-order valence-electron chi connectivity index (χ4n) is 1.95. The van der Waals surface area contributed by atoms with Crippen LogP contribution in [0.25, 0.3) is 0 Å². The fourth-order valence-corrected chi connectivity index (χ4v) is 5.44. The SMILES string of the molecule is CCCNCCn1nnnc1SC1CS(=O)(=O)CC1O. The smallest absolute Gasteiger partial charge is 0.209 e. The van der Waals surface area contributed by atoms with Crippen LogP contribution in [0.2, 0.25) is 0 Å². The Hall–Kier alpha value is -0.710. The standard InChI is InChI=1S/C10H19N5O3S2/c1-2-3-11-4-5-15-10(12-13-14-15)19-9-7-20(17,18)6-8(9)16/h8-9,11,16H,2-7H2,1H3. The van der Waals surface area contributed by atoms with Gasteiger partial charge in [0, 0.05) is 6.54 Å². The topological polar surface area (TPSA) is 110 Å². The van der Waals surface area contributed by atoms with Crippen molar-refractivity contribution in [2.24, 2.45) is 0 Å². The quantitative estimate of drug-likeness (QED) is 0.611. The molecule has 0 spiro atoms. The van der Waals surface area contributed by atoms with Gasteiger partial charge in [0.05, 0.1) is 29.4 Å². The normalized spacial score (nSPS) is 25.1. The number of aliphatic hydroxyl groups is 1. The van der Waals surface area contributed by atoms with Gasteiger partial charge in [0.1, 0.15) is 0 Å². The first kappa shape index (κ1) is 15.7. The maximum Gasteiger partial charge on any atom is 0.209 e. The van der Waals surface area contributed by atoms with E-state index in [1.807, 2.05) is 0 Å². The summed E-state index contributed by atoms with van der Waals surface area (Å²) in [7, 11) is -3.15. The summed E-state index contributed by atoms with van der Waals surface area (Å²) in [6.45, 7) is 4.39. The van der Waals surface area contributed by atoms with Crippen LogP contribution >= 0.6 is 11.8 Å². The zero-order valence-corrected chi connectivity index (χ0v) is 12.9. The van der Waals surface area contributed by atoms with E-state index in [1.54, 1.807) is 4.68 Å². The van der Waals surface area contributed by atoms with E-state index in [-0.39, 0.29) is 11.5 Å². The molecule has 1 aromatic rings. The second-order valence-corrected chi connectivity index (χ2v) is 8.10. The van der Waals surface area contributed by atoms with Gasteiger partial charge in [0.2, 0.25) is 5.16 Å². The Morgan fingerprint density at radius 2 is 2.25 bits per heavy atom. The first-order valence-electron chi connectivity index (χ1n) is 6.54. The number of aromatic nitrogens is 4. The summed E-state index contributed by atoms with van der Waals surface area (Å²) >= 11 is 1.23. The van der Waals surface area contributed by atoms with Crippen molar-refractivity contribution in [2.45, 2.75) is 36.4 Å². The van der Waals surface area contributed by atoms with Gasteiger partial charge in [-0.15, -0.1) is 5.10 Å². The zero-order chi connectivity index (χ0) is 14.6. The van der Waals surface area contributed by atoms with Crippen molar-refractivity contribution >= 4 is 21.6 Å². The van der Waals surface area contributed by atoms with Crippen molar-refractivity contribution in [1.29, 1.82) is 0 Å². The van der Waals surface area contributed by atoms with Crippen LogP contribution in [0.4, 0.5) is 0 Å². The monoisotopic (exact) mass is 321 g/mol. The molecule has 0 amide bonds. The first-order valence-corrected chi connectivity index (χ1v) is 9.24. The van der Waals surface area contributed by atoms with E-state index in [4.69, 9.17) is 0 Å². The van der Waals surface area contributed by atoms with Crippen molar-refractivity contribution in [3.8, 4) is 0 Å². The lowest BCUT2D eigenvalue weighted by molar-refractivity contribution is 0.207. The van der Waals surface area contributed by atoms with Gasteiger partial charge in [0.25, 0.3) is 0 Å². The number of sulfone groups is 1. The van der Waals surface area contributed by atoms with Crippen molar-refractivity contribution in [1.82, 2.24) is 25.5 Å². The van der Waals surface area contributed by atoms with E-state index in [9.17, 15) is 13.5 Å². The van der Waals surface area contributed by atoms with Gasteiger partial charge in [-0.3, -0.25) is 0 Å². The lowest BCUT2D eigenvalue weighted by Crippen LogP contribution is -2.23. The number of aliphatic hydroxyl groups excluding tert-OH is 1. The van der Waals surface area contributed by atoms with Crippen LogP contribution in [0.15, 0.2) is 5.16 Å². The van der Waals surface area contributed by atoms with Gasteiger partial charge < -0.3 is 10.4 Å². The van der Waals surface area contributed by atoms with E-state index >= 15 is 0 Å². The van der Waals surface area contributed by atoms with Gasteiger partial charge in [-0.25, -0.2) is 13.1 Å². The van der Waals surface area contributed by atoms with Crippen molar-refractivity contribution < 1.29 is 13.5 Å². The summed E-state index contributed by atoms with van der Waals surface area (Å²) in [6, 6.07) is 0. The molecule has 2 unspecified atom stereocenters. The second-order valence-electron chi connectivity index (χ2n) is 4.74. The van der Waals surface area contributed by atoms with E-state index in [0.29, 0.717) is 11.7 Å². The van der Waals surface area contributed by atoms with Gasteiger partial charge in [-0.2, -0.15) is 0 Å². The van der Waals surface area contributed by atoms with Gasteiger partial charge in [0.15, 0.2) is 9.84 Å². The van der Waals surface area contributed by atoms with Gasteiger partial charge in [-0.05, 0) is 23.4 Å². The summed E-state index contributed by atoms with van der Waals surface area (Å²) in [5.74, 6) is -0.204. The summed E-state index contributed by atoms with van der Waals surface area (Å²) in [6.07, 6.45) is 0.206. The molecule has 0 radical (unpaired) electrons. The number of tetrazole rings is 1. The summed E-state index contributed by atoms with van der Waals surface area (Å²) in [5, 5.41) is 24.5. The highest BCUT2D eigenvalue weighted by Gasteiger charge is 2.38. The lowest BCUT2D eigenvalue weighted by atomic mass is 10.3. The van der Waals surface area contributed by atoms with Crippen LogP contribution in [-0.2, 0) is 16.4 Å². The summed E-state index contributed by atoms with van der Waals surface area (Å²) in [4.78, 5) is 0. The molecular formula is C10H19N5O3S2. The zero-order valence-electron chi connectivity index (χ0n) is 11.3. The van der Waals surface area contributed by atoms with Crippen LogP contribution in [0.1, 0.15) is 13.3 Å². The largest absolute Gasteiger partial charge is 0.391 e. The predicted octanol–water partition coefficient (Wildman–Crippen LogP) is -1.08. The Morgan fingerprint density at radius 1 is 1.45 bits per heavy atom. The number of thioether (sulfide) groups is 1. The van der Waals surface area contributed by atoms with Crippen LogP contribution in [-0.4, -0.2) is 69.7 Å². The van der Waals surface area contributed by atoms with Gasteiger partial charge >= 0.3 is 0 Å². The Bertz CT molecular complexity index is 533. The average molecular weight is 321 g/mol. The fraction of sp³-hybridized carbons (Fsp3) is 0.900. The van der Waals surface area contributed by atoms with Crippen molar-refractivity contribution in [2.75, 3.05) is 24.6 Å². The number of nitrogens with zero attached hydrogens (tertiary/aromatic N) is 4. The first-order chi connectivity index (χ1) is 9.52. The minimum Gasteiger partial charge on any atom is -0.391 e. The molecule has 10 heteroatoms. The maximum atomic E-state index is 11.5. The molecule has 2 atom stereocenters. The maximum absolute atomic E-state index is 11.5. The molecule has 1 saturated heterocycles. The van der Waals surface area contributed by atoms with E-state index in [2.05, 4.69) is 27.8 Å². The summed E-state index contributed by atoms with van der Waals surface area (Å²) in [5.41, 5.74) is 0. The number of hydrogen-bond acceptors (Lipinski definition) is 8. The third-order valence-electron chi connectivity index (χ3n) is 2.96. The average Bonchev–Trinajstić information content (AvgIpc) is 2.90. The van der Waals surface area contributed by atoms with Crippen LogP contribution in [0, 0.1) is 0 Å². The molecule has 20 heavy (non-hydrogen) atoms. The van der Waals surface area contributed by atoms with Crippen LogP contribution < -0.4 is 5.32 Å². The highest BCUT2D eigenvalue weighted by molar-refractivity contribution is 8.01. The molecule has 114 valence electrons. The molecular weight excluding hydrogens is 302 g/mol. The van der Waals surface area contributed by atoms with Crippen LogP contribution in [0.3, 0.4) is 0 Å². The Balaban J connectivity index is 1.92. The Labute approximate surface area is 122 Å². The highest BCUT2D eigenvalue weighted by Crippen LogP contribution is 2.29. The lowest BCUT2D eigenvalue weighted by Gasteiger charge is -2.11. The molecule has 8 nitrogen and oxygen atoms in total. The number of nitrogens with one attached hydrogen (secondary N) is 1. The minimum absolute atomic E-state index is 0.0280. The molecule has 0 aromatic carbocycles. The minimum atomic E-state index is -3.15. The molecule has 2 rings (SSSR count). The second kappa shape index (κ2) is 6.83. The summed E-state index contributed by atoms with van der Waals surface area (Å²) < 4.78 is 24.6. The Morgan fingerprint density at radius 3 is 2.90 bits per heavy atom. The number of rotatable bonds is 7. The van der Waals surface area contributed by atoms with E-state index < -0.39 is 21.2 Å². The molecule has 1 fully saturated rings. The molecule has 0 bridgehead atoms. The Kier molecular flexibility index (Phi) is 5.35. The molecule has 0 saturated carbocycles. The predicted molar refractivity (Wildman–Crippen MR) is 75.3 cm³/mol. The van der Waals surface area contributed by atoms with Crippen molar-refractivity contribution in [3.05, 3.63) is 0 Å². The molecule has 2 N–H and O–H groups in total. The molecule has 2 heterocycles. The molecule has 1 aromatic heterocycles. The third-order valence-corrected chi connectivity index (χ3v) is 6.17. The molecule has 1 aliphatic heterocycles. The molecule has 1 aliphatic rings. The van der Waals surface area contributed by atoms with Crippen LogP contribution in [0.5, 0.6) is 0 Å². The van der Waals surface area contributed by atoms with Crippen molar-refractivity contribution in [3.63, 3.8) is 0 Å². The molecule has 0 aliphatic carbocycles. The number of hydrogen-bond donors (Lipinski definition) is 2. The van der Waals surface area contributed by atoms with Gasteiger partial charge in [-0.1, -0.05) is 18.7 Å². The van der Waals surface area contributed by atoms with E-state index in [0.717, 1.165) is 19.5 Å². The highest BCUT2D eigenvalue weighted by atomic mass is 32.2. The van der Waals surface area contributed by atoms with E-state index in [1.165, 1.54) is 11.8 Å².